The van der Waals surface area contributed by atoms with Crippen molar-refractivity contribution in [3.63, 3.8) is 0 Å². The van der Waals surface area contributed by atoms with Crippen molar-refractivity contribution in [2.24, 2.45) is 0 Å². The molecule has 4 aromatic carbocycles. The normalized spacial score (nSPS) is 14.3. The van der Waals surface area contributed by atoms with Gasteiger partial charge >= 0.3 is 18.5 Å². The predicted molar refractivity (Wildman–Crippen MR) is 161 cm³/mol. The quantitative estimate of drug-likeness (QED) is 0.115. The van der Waals surface area contributed by atoms with Crippen molar-refractivity contribution in [3.05, 3.63) is 124 Å². The van der Waals surface area contributed by atoms with Crippen LogP contribution in [0.1, 0.15) is 63.2 Å². The molecule has 1 unspecified atom stereocenters. The molecule has 12 heteroatoms. The van der Waals surface area contributed by atoms with E-state index in [0.29, 0.717) is 23.1 Å². The van der Waals surface area contributed by atoms with Gasteiger partial charge in [0, 0.05) is 18.7 Å². The van der Waals surface area contributed by atoms with Crippen molar-refractivity contribution in [2.75, 3.05) is 0 Å². The van der Waals surface area contributed by atoms with Gasteiger partial charge in [0.05, 0.1) is 11.6 Å². The summed E-state index contributed by atoms with van der Waals surface area (Å²) in [5.41, 5.74) is 3.43. The van der Waals surface area contributed by atoms with E-state index in [9.17, 15) is 34.5 Å². The molecule has 2 atom stereocenters. The van der Waals surface area contributed by atoms with Gasteiger partial charge < -0.3 is 39.5 Å². The third-order valence-electron chi connectivity index (χ3n) is 7.58. The molecule has 1 aliphatic carbocycles. The molecule has 236 valence electrons. The zero-order chi connectivity index (χ0) is 32.8. The summed E-state index contributed by atoms with van der Waals surface area (Å²) >= 11 is 0. The lowest BCUT2D eigenvalue weighted by Crippen LogP contribution is -2.36. The maximum absolute atomic E-state index is 14.5. The predicted octanol–water partition coefficient (Wildman–Crippen LogP) is 6.66. The number of carbonyl (C=O) groups is 4. The summed E-state index contributed by atoms with van der Waals surface area (Å²) in [6.45, 7) is 0.00218. The van der Waals surface area contributed by atoms with E-state index in [1.54, 1.807) is 36.4 Å². The Kier molecular flexibility index (Phi) is 9.48. The lowest BCUT2D eigenvalue weighted by Gasteiger charge is -2.36. The zero-order valence-electron chi connectivity index (χ0n) is 24.2. The molecule has 46 heavy (non-hydrogen) atoms. The third kappa shape index (κ3) is 7.25. The number of amides is 1. The van der Waals surface area contributed by atoms with E-state index in [0.717, 1.165) is 36.1 Å². The summed E-state index contributed by atoms with van der Waals surface area (Å²) in [5.74, 6) is -2.69. The van der Waals surface area contributed by atoms with Crippen molar-refractivity contribution in [1.82, 2.24) is 4.90 Å². The molecule has 0 bridgehead atoms. The first kappa shape index (κ1) is 31.5. The lowest BCUT2D eigenvalue weighted by molar-refractivity contribution is 0.0633. The zero-order valence-corrected chi connectivity index (χ0v) is 24.2. The molecule has 0 fully saturated rings. The van der Waals surface area contributed by atoms with Crippen molar-refractivity contribution < 1.29 is 53.8 Å². The lowest BCUT2D eigenvalue weighted by atomic mass is 9.86. The monoisotopic (exact) mass is 627 g/mol. The molecule has 0 aliphatic heterocycles. The van der Waals surface area contributed by atoms with E-state index in [1.165, 1.54) is 4.90 Å². The van der Waals surface area contributed by atoms with Crippen molar-refractivity contribution in [2.45, 2.75) is 38.0 Å². The number of ether oxygens (including phenoxy) is 3. The van der Waals surface area contributed by atoms with Crippen LogP contribution in [0, 0.1) is 0 Å². The number of carbonyl (C=O) groups excluding carboxylic acids is 1. The molecule has 0 saturated carbocycles. The van der Waals surface area contributed by atoms with Crippen LogP contribution in [0.2, 0.25) is 0 Å². The van der Waals surface area contributed by atoms with Crippen LogP contribution >= 0.6 is 0 Å². The number of fused-ring (bicyclic) bond motifs is 1. The average Bonchev–Trinajstić information content (AvgIpc) is 3.03. The Morgan fingerprint density at radius 3 is 2.02 bits per heavy atom. The number of carboxylic acid groups (broad SMARTS) is 3. The highest BCUT2D eigenvalue weighted by Gasteiger charge is 2.33. The van der Waals surface area contributed by atoms with Gasteiger partial charge in [0.2, 0.25) is 0 Å². The minimum Gasteiger partial charge on any atom is -0.449 e. The Hall–Kier alpha value is -5.88. The van der Waals surface area contributed by atoms with Gasteiger partial charge in [0.15, 0.2) is 17.2 Å². The van der Waals surface area contributed by atoms with Crippen LogP contribution in [0.4, 0.5) is 14.4 Å². The molecule has 5 rings (SSSR count). The Morgan fingerprint density at radius 2 is 1.33 bits per heavy atom. The van der Waals surface area contributed by atoms with Crippen LogP contribution in [0.5, 0.6) is 17.2 Å². The van der Waals surface area contributed by atoms with Crippen LogP contribution in [-0.2, 0) is 13.0 Å². The van der Waals surface area contributed by atoms with Gasteiger partial charge in [-0.05, 0) is 47.1 Å². The minimum atomic E-state index is -1.84. The number of nitrogens with zero attached hydrogens (tertiary/aromatic N) is 1. The van der Waals surface area contributed by atoms with E-state index in [4.69, 9.17) is 14.6 Å². The van der Waals surface area contributed by atoms with Crippen LogP contribution in [-0.4, -0.2) is 49.7 Å². The number of aliphatic hydroxyl groups excluding tert-OH is 1. The second-order valence-corrected chi connectivity index (χ2v) is 10.5. The van der Waals surface area contributed by atoms with Crippen molar-refractivity contribution in [1.29, 1.82) is 0 Å². The fourth-order valence-corrected chi connectivity index (χ4v) is 5.65. The third-order valence-corrected chi connectivity index (χ3v) is 7.58. The smallest absolute Gasteiger partial charge is 0.449 e. The number of aliphatic hydroxyl groups is 1. The molecular weight excluding hydrogens is 598 g/mol. The Labute approximate surface area is 262 Å². The fourth-order valence-electron chi connectivity index (χ4n) is 5.65. The maximum atomic E-state index is 14.5. The highest BCUT2D eigenvalue weighted by molar-refractivity contribution is 5.99. The standard InChI is InChI=1S/C34H29NO11/c36-30(22-10-2-1-3-11-22)23-13-6-8-20(16-23)19-35(26-15-7-12-21-9-4-5-14-24(21)26)31(37)25-17-28(45-33(40)41)29(46-34(42)43)18-27(25)44-32(38)39/h1-6,8-11,13-14,16-18,26,30,36H,7,12,15,19H2,(H,38,39)(H,40,41)(H,42,43)/t26-,30?/m0/s1. The van der Waals surface area contributed by atoms with E-state index in [-0.39, 0.29) is 6.54 Å². The summed E-state index contributed by atoms with van der Waals surface area (Å²) in [6.07, 6.45) is -4.31. The van der Waals surface area contributed by atoms with Crippen LogP contribution in [0.3, 0.4) is 0 Å². The molecule has 4 N–H and O–H groups in total. The Morgan fingerprint density at radius 1 is 0.717 bits per heavy atom. The Balaban J connectivity index is 1.62. The van der Waals surface area contributed by atoms with E-state index in [2.05, 4.69) is 4.74 Å². The van der Waals surface area contributed by atoms with E-state index >= 15 is 0 Å². The topological polar surface area (TPSA) is 180 Å². The molecule has 1 amide bonds. The average molecular weight is 628 g/mol. The second-order valence-electron chi connectivity index (χ2n) is 10.5. The molecule has 0 aromatic heterocycles. The molecule has 12 nitrogen and oxygen atoms in total. The molecular formula is C34H29NO11. The summed E-state index contributed by atoms with van der Waals surface area (Å²) < 4.78 is 14.2. The van der Waals surface area contributed by atoms with Gasteiger partial charge in [-0.3, -0.25) is 4.79 Å². The SMILES string of the molecule is O=C(O)Oc1cc(OC(=O)O)c(C(=O)N(Cc2cccc(C(O)c3ccccc3)c2)[C@H]2CCCc3ccccc32)cc1OC(=O)O. The largest absolute Gasteiger partial charge is 0.511 e. The highest BCUT2D eigenvalue weighted by atomic mass is 16.7. The molecule has 0 heterocycles. The first-order valence-electron chi connectivity index (χ1n) is 14.2. The number of hydrogen-bond donors (Lipinski definition) is 4. The summed E-state index contributed by atoms with van der Waals surface area (Å²) in [4.78, 5) is 50.4. The van der Waals surface area contributed by atoms with Gasteiger partial charge in [-0.2, -0.15) is 0 Å². The summed E-state index contributed by atoms with van der Waals surface area (Å²) in [7, 11) is 0. The molecule has 4 aromatic rings. The van der Waals surface area contributed by atoms with Gasteiger partial charge in [-0.25, -0.2) is 14.4 Å². The number of aryl methyl sites for hydroxylation is 1. The summed E-state index contributed by atoms with van der Waals surface area (Å²) in [6, 6.07) is 24.9. The van der Waals surface area contributed by atoms with Gasteiger partial charge in [-0.1, -0.05) is 78.9 Å². The van der Waals surface area contributed by atoms with Crippen LogP contribution < -0.4 is 14.2 Å². The highest BCUT2D eigenvalue weighted by Crippen LogP contribution is 2.40. The Bertz CT molecular complexity index is 1770. The van der Waals surface area contributed by atoms with Crippen molar-refractivity contribution in [3.8, 4) is 17.2 Å². The molecule has 1 aliphatic rings. The fraction of sp³-hybridized carbons (Fsp3) is 0.176. The van der Waals surface area contributed by atoms with Crippen molar-refractivity contribution >= 4 is 24.4 Å². The first-order valence-corrected chi connectivity index (χ1v) is 14.2. The molecule has 0 radical (unpaired) electrons. The van der Waals surface area contributed by atoms with Crippen LogP contribution in [0.25, 0.3) is 0 Å². The molecule has 0 spiro atoms. The van der Waals surface area contributed by atoms with Gasteiger partial charge in [-0.15, -0.1) is 0 Å². The maximum Gasteiger partial charge on any atom is 0.511 e. The summed E-state index contributed by atoms with van der Waals surface area (Å²) in [5, 5.41) is 38.9. The molecule has 0 saturated heterocycles. The van der Waals surface area contributed by atoms with Gasteiger partial charge in [0.25, 0.3) is 5.91 Å². The van der Waals surface area contributed by atoms with Gasteiger partial charge in [0.1, 0.15) is 6.10 Å². The van der Waals surface area contributed by atoms with E-state index < -0.39 is 59.3 Å². The first-order chi connectivity index (χ1) is 22.1. The number of rotatable bonds is 9. The number of benzene rings is 4. The second kappa shape index (κ2) is 13.8. The number of hydrogen-bond acceptors (Lipinski definition) is 8. The van der Waals surface area contributed by atoms with E-state index in [1.807, 2.05) is 42.5 Å². The minimum absolute atomic E-state index is 0.00218. The van der Waals surface area contributed by atoms with Crippen LogP contribution in [0.15, 0.2) is 91.0 Å².